The first kappa shape index (κ1) is 17.1. The van der Waals surface area contributed by atoms with Gasteiger partial charge in [-0.15, -0.1) is 0 Å². The van der Waals surface area contributed by atoms with Crippen molar-refractivity contribution in [1.82, 2.24) is 19.0 Å². The maximum atomic E-state index is 12.7. The van der Waals surface area contributed by atoms with E-state index in [9.17, 15) is 8.42 Å². The van der Waals surface area contributed by atoms with E-state index in [0.717, 1.165) is 26.1 Å². The van der Waals surface area contributed by atoms with Crippen molar-refractivity contribution in [3.63, 3.8) is 0 Å². The zero-order valence-electron chi connectivity index (χ0n) is 14.2. The van der Waals surface area contributed by atoms with Gasteiger partial charge < -0.3 is 0 Å². The first-order valence-corrected chi connectivity index (χ1v) is 9.66. The third-order valence-corrected chi connectivity index (χ3v) is 6.37. The molecule has 0 bridgehead atoms. The third kappa shape index (κ3) is 3.68. The van der Waals surface area contributed by atoms with Crippen molar-refractivity contribution in [3.8, 4) is 0 Å². The second-order valence-corrected chi connectivity index (χ2v) is 8.25. The van der Waals surface area contributed by atoms with Gasteiger partial charge in [-0.3, -0.25) is 9.58 Å². The Labute approximate surface area is 143 Å². The van der Waals surface area contributed by atoms with Gasteiger partial charge in [0, 0.05) is 39.4 Å². The summed E-state index contributed by atoms with van der Waals surface area (Å²) in [6, 6.07) is 8.36. The van der Waals surface area contributed by atoms with Gasteiger partial charge in [-0.2, -0.15) is 9.40 Å². The van der Waals surface area contributed by atoms with E-state index in [2.05, 4.69) is 35.1 Å². The molecule has 1 aliphatic heterocycles. The Bertz CT molecular complexity index is 800. The number of benzene rings is 1. The van der Waals surface area contributed by atoms with Crippen molar-refractivity contribution in [2.24, 2.45) is 7.05 Å². The van der Waals surface area contributed by atoms with E-state index >= 15 is 0 Å². The lowest BCUT2D eigenvalue weighted by Gasteiger charge is -2.22. The monoisotopic (exact) mass is 348 g/mol. The van der Waals surface area contributed by atoms with Crippen molar-refractivity contribution in [2.45, 2.75) is 24.8 Å². The van der Waals surface area contributed by atoms with Crippen LogP contribution in [0, 0.1) is 6.92 Å². The van der Waals surface area contributed by atoms with Crippen molar-refractivity contribution in [2.75, 3.05) is 26.2 Å². The topological polar surface area (TPSA) is 58.4 Å². The fourth-order valence-electron chi connectivity index (χ4n) is 3.06. The SMILES string of the molecule is Cc1ccccc1CN1CCCN(S(=O)(=O)c2cnn(C)c2)CC1. The van der Waals surface area contributed by atoms with Gasteiger partial charge in [0.25, 0.3) is 0 Å². The van der Waals surface area contributed by atoms with E-state index in [1.54, 1.807) is 17.5 Å². The number of nitrogens with zero attached hydrogens (tertiary/aromatic N) is 4. The molecule has 1 fully saturated rings. The molecule has 0 spiro atoms. The first-order valence-electron chi connectivity index (χ1n) is 8.22. The predicted molar refractivity (Wildman–Crippen MR) is 93.0 cm³/mol. The van der Waals surface area contributed by atoms with Crippen molar-refractivity contribution < 1.29 is 8.42 Å². The molecule has 0 aliphatic carbocycles. The van der Waals surface area contributed by atoms with Crippen LogP contribution in [0.3, 0.4) is 0 Å². The van der Waals surface area contributed by atoms with Crippen LogP contribution in [0.1, 0.15) is 17.5 Å². The lowest BCUT2D eigenvalue weighted by atomic mass is 10.1. The fourth-order valence-corrected chi connectivity index (χ4v) is 4.51. The zero-order chi connectivity index (χ0) is 17.2. The Morgan fingerprint density at radius 3 is 2.62 bits per heavy atom. The molecule has 2 aromatic rings. The van der Waals surface area contributed by atoms with Crippen LogP contribution in [0.4, 0.5) is 0 Å². The second kappa shape index (κ2) is 7.04. The summed E-state index contributed by atoms with van der Waals surface area (Å²) in [5.41, 5.74) is 2.59. The minimum absolute atomic E-state index is 0.275. The van der Waals surface area contributed by atoms with Crippen LogP contribution < -0.4 is 0 Å². The Morgan fingerprint density at radius 1 is 1.12 bits per heavy atom. The smallest absolute Gasteiger partial charge is 0.246 e. The summed E-state index contributed by atoms with van der Waals surface area (Å²) in [5, 5.41) is 3.98. The molecule has 2 heterocycles. The highest BCUT2D eigenvalue weighted by molar-refractivity contribution is 7.89. The molecule has 0 atom stereocenters. The normalized spacial score (nSPS) is 17.8. The largest absolute Gasteiger partial charge is 0.298 e. The average Bonchev–Trinajstić information content (AvgIpc) is 2.85. The molecule has 1 saturated heterocycles. The van der Waals surface area contributed by atoms with Gasteiger partial charge in [0.15, 0.2) is 0 Å². The van der Waals surface area contributed by atoms with Crippen molar-refractivity contribution in [3.05, 3.63) is 47.8 Å². The summed E-state index contributed by atoms with van der Waals surface area (Å²) in [7, 11) is -1.72. The predicted octanol–water partition coefficient (Wildman–Crippen LogP) is 1.63. The molecule has 1 aromatic carbocycles. The number of hydrogen-bond acceptors (Lipinski definition) is 4. The molecular formula is C17H24N4O2S. The summed E-state index contributed by atoms with van der Waals surface area (Å²) in [4.78, 5) is 2.61. The van der Waals surface area contributed by atoms with Gasteiger partial charge in [0.2, 0.25) is 10.0 Å². The number of hydrogen-bond donors (Lipinski definition) is 0. The quantitative estimate of drug-likeness (QED) is 0.843. The maximum absolute atomic E-state index is 12.7. The van der Waals surface area contributed by atoms with E-state index in [0.29, 0.717) is 13.1 Å². The number of aryl methyl sites for hydroxylation is 2. The Kier molecular flexibility index (Phi) is 5.03. The lowest BCUT2D eigenvalue weighted by molar-refractivity contribution is 0.278. The van der Waals surface area contributed by atoms with E-state index in [-0.39, 0.29) is 4.90 Å². The molecule has 1 aliphatic rings. The Hall–Kier alpha value is -1.70. The molecule has 3 rings (SSSR count). The minimum atomic E-state index is -3.45. The molecular weight excluding hydrogens is 324 g/mol. The summed E-state index contributed by atoms with van der Waals surface area (Å²) < 4.78 is 28.6. The van der Waals surface area contributed by atoms with Gasteiger partial charge in [-0.1, -0.05) is 24.3 Å². The molecule has 0 saturated carbocycles. The molecule has 0 radical (unpaired) electrons. The number of rotatable bonds is 4. The molecule has 1 aromatic heterocycles. The van der Waals surface area contributed by atoms with E-state index in [1.807, 2.05) is 6.07 Å². The van der Waals surface area contributed by atoms with Crippen molar-refractivity contribution >= 4 is 10.0 Å². The molecule has 7 heteroatoms. The van der Waals surface area contributed by atoms with Gasteiger partial charge in [-0.25, -0.2) is 8.42 Å². The molecule has 0 unspecified atom stereocenters. The highest BCUT2D eigenvalue weighted by Crippen LogP contribution is 2.18. The molecule has 0 N–H and O–H groups in total. The van der Waals surface area contributed by atoms with Crippen LogP contribution >= 0.6 is 0 Å². The fraction of sp³-hybridized carbons (Fsp3) is 0.471. The van der Waals surface area contributed by atoms with Crippen LogP contribution in [0.5, 0.6) is 0 Å². The van der Waals surface area contributed by atoms with Gasteiger partial charge >= 0.3 is 0 Å². The van der Waals surface area contributed by atoms with Gasteiger partial charge in [0.05, 0.1) is 6.20 Å². The Balaban J connectivity index is 1.68. The summed E-state index contributed by atoms with van der Waals surface area (Å²) in [6.07, 6.45) is 3.82. The van der Waals surface area contributed by atoms with E-state index < -0.39 is 10.0 Å². The van der Waals surface area contributed by atoms with E-state index in [4.69, 9.17) is 0 Å². The highest BCUT2D eigenvalue weighted by Gasteiger charge is 2.28. The van der Waals surface area contributed by atoms with Gasteiger partial charge in [0.1, 0.15) is 4.90 Å². The lowest BCUT2D eigenvalue weighted by Crippen LogP contribution is -2.35. The standard InChI is InChI=1S/C17H24N4O2S/c1-15-6-3-4-7-16(15)13-20-8-5-9-21(11-10-20)24(22,23)17-12-18-19(2)14-17/h3-4,6-7,12,14H,5,8-11,13H2,1-2H3. The second-order valence-electron chi connectivity index (χ2n) is 6.31. The zero-order valence-corrected chi connectivity index (χ0v) is 15.0. The highest BCUT2D eigenvalue weighted by atomic mass is 32.2. The molecule has 130 valence electrons. The van der Waals surface area contributed by atoms with Gasteiger partial charge in [-0.05, 0) is 31.0 Å². The summed E-state index contributed by atoms with van der Waals surface area (Å²) in [5.74, 6) is 0. The summed E-state index contributed by atoms with van der Waals surface area (Å²) >= 11 is 0. The first-order chi connectivity index (χ1) is 11.5. The molecule has 24 heavy (non-hydrogen) atoms. The van der Waals surface area contributed by atoms with Crippen LogP contribution in [0.2, 0.25) is 0 Å². The maximum Gasteiger partial charge on any atom is 0.246 e. The van der Waals surface area contributed by atoms with Crippen LogP contribution in [0.15, 0.2) is 41.6 Å². The number of sulfonamides is 1. The Morgan fingerprint density at radius 2 is 1.92 bits per heavy atom. The third-order valence-electron chi connectivity index (χ3n) is 4.52. The summed E-state index contributed by atoms with van der Waals surface area (Å²) in [6.45, 7) is 5.71. The molecule has 6 nitrogen and oxygen atoms in total. The van der Waals surface area contributed by atoms with Crippen LogP contribution in [-0.2, 0) is 23.6 Å². The van der Waals surface area contributed by atoms with Crippen LogP contribution in [0.25, 0.3) is 0 Å². The minimum Gasteiger partial charge on any atom is -0.298 e. The van der Waals surface area contributed by atoms with E-state index in [1.165, 1.54) is 22.0 Å². The molecule has 0 amide bonds. The number of aromatic nitrogens is 2. The van der Waals surface area contributed by atoms with Crippen LogP contribution in [-0.4, -0.2) is 53.6 Å². The average molecular weight is 348 g/mol. The van der Waals surface area contributed by atoms with Crippen molar-refractivity contribution in [1.29, 1.82) is 0 Å².